The molecule has 9 heteroatoms. The van der Waals surface area contributed by atoms with Gasteiger partial charge in [-0.2, -0.15) is 0 Å². The Bertz CT molecular complexity index is 814. The molecule has 0 bridgehead atoms. The Labute approximate surface area is 134 Å². The molecule has 0 saturated heterocycles. The predicted molar refractivity (Wildman–Crippen MR) is 83.0 cm³/mol. The number of rotatable bonds is 3. The first-order valence-corrected chi connectivity index (χ1v) is 8.63. The number of fused-ring (bicyclic) bond motifs is 1. The smallest absolute Gasteiger partial charge is 0.346 e. The molecule has 0 aliphatic carbocycles. The molecule has 0 amide bonds. The lowest BCUT2D eigenvalue weighted by molar-refractivity contribution is 0.0701. The fourth-order valence-electron chi connectivity index (χ4n) is 1.69. The Morgan fingerprint density at radius 1 is 1.45 bits per heavy atom. The molecule has 0 aliphatic heterocycles. The van der Waals surface area contributed by atoms with Gasteiger partial charge in [0.1, 0.15) is 25.7 Å². The first-order chi connectivity index (χ1) is 9.56. The van der Waals surface area contributed by atoms with Gasteiger partial charge in [0.25, 0.3) is 0 Å². The molecule has 20 heavy (non-hydrogen) atoms. The molecule has 3 rings (SSSR count). The highest BCUT2D eigenvalue weighted by Crippen LogP contribution is 2.38. The molecule has 3 aromatic heterocycles. The summed E-state index contributed by atoms with van der Waals surface area (Å²) in [5.41, 5.74) is 0.705. The van der Waals surface area contributed by atoms with Crippen LogP contribution in [0, 0.1) is 6.92 Å². The minimum absolute atomic E-state index is 0.308. The predicted octanol–water partition coefficient (Wildman–Crippen LogP) is 4.07. The van der Waals surface area contributed by atoms with E-state index in [-0.39, 0.29) is 0 Å². The number of thiophene rings is 1. The number of aromatic nitrogens is 3. The maximum atomic E-state index is 11.2. The molecule has 0 atom stereocenters. The van der Waals surface area contributed by atoms with Gasteiger partial charge in [-0.05, 0) is 40.2 Å². The minimum Gasteiger partial charge on any atom is -0.477 e. The van der Waals surface area contributed by atoms with Crippen molar-refractivity contribution in [3.8, 4) is 0 Å². The van der Waals surface area contributed by atoms with Crippen molar-refractivity contribution in [2.75, 3.05) is 0 Å². The van der Waals surface area contributed by atoms with Crippen molar-refractivity contribution >= 4 is 66.6 Å². The molecule has 0 spiro atoms. The number of hydrogen-bond donors (Lipinski definition) is 1. The van der Waals surface area contributed by atoms with E-state index in [1.165, 1.54) is 40.8 Å². The zero-order valence-corrected chi connectivity index (χ0v) is 14.0. The summed E-state index contributed by atoms with van der Waals surface area (Å²) in [6.45, 7) is 1.79. The zero-order valence-electron chi connectivity index (χ0n) is 9.95. The standard InChI is InChI=1S/C11H6BrN3O2S3/c1-4-6-8(19-7(4)10(16)17)13-3-14-9(6)20-11-15-5(12)2-18-11/h2-3H,1H3,(H,16,17). The van der Waals surface area contributed by atoms with Gasteiger partial charge in [0.15, 0.2) is 4.34 Å². The Morgan fingerprint density at radius 3 is 2.90 bits per heavy atom. The van der Waals surface area contributed by atoms with E-state index in [1.54, 1.807) is 6.92 Å². The van der Waals surface area contributed by atoms with E-state index in [4.69, 9.17) is 0 Å². The summed E-state index contributed by atoms with van der Waals surface area (Å²) in [5, 5.41) is 12.6. The molecule has 0 unspecified atom stereocenters. The fourth-order valence-corrected chi connectivity index (χ4v) is 5.17. The van der Waals surface area contributed by atoms with Gasteiger partial charge >= 0.3 is 5.97 Å². The first kappa shape index (κ1) is 13.9. The molecular weight excluding hydrogens is 382 g/mol. The van der Waals surface area contributed by atoms with Crippen LogP contribution in [-0.2, 0) is 0 Å². The van der Waals surface area contributed by atoms with Crippen molar-refractivity contribution in [2.45, 2.75) is 16.3 Å². The molecule has 0 saturated carbocycles. The Hall–Kier alpha value is -1.03. The summed E-state index contributed by atoms with van der Waals surface area (Å²) in [7, 11) is 0. The summed E-state index contributed by atoms with van der Waals surface area (Å²) < 4.78 is 1.63. The van der Waals surface area contributed by atoms with Crippen LogP contribution in [0.25, 0.3) is 10.2 Å². The van der Waals surface area contributed by atoms with Crippen LogP contribution in [0.15, 0.2) is 25.7 Å². The van der Waals surface area contributed by atoms with Crippen molar-refractivity contribution in [1.29, 1.82) is 0 Å². The number of halogens is 1. The molecule has 0 aliphatic rings. The quantitative estimate of drug-likeness (QED) is 0.682. The van der Waals surface area contributed by atoms with Crippen molar-refractivity contribution in [2.24, 2.45) is 0 Å². The normalized spacial score (nSPS) is 11.1. The number of carboxylic acids is 1. The Kier molecular flexibility index (Phi) is 3.76. The fraction of sp³-hybridized carbons (Fsp3) is 0.0909. The lowest BCUT2D eigenvalue weighted by Gasteiger charge is -2.00. The maximum Gasteiger partial charge on any atom is 0.346 e. The summed E-state index contributed by atoms with van der Waals surface area (Å²) in [4.78, 5) is 24.9. The van der Waals surface area contributed by atoms with Gasteiger partial charge in [-0.1, -0.05) is 0 Å². The number of aromatic carboxylic acids is 1. The van der Waals surface area contributed by atoms with Crippen LogP contribution in [0.2, 0.25) is 0 Å². The number of carbonyl (C=O) groups is 1. The SMILES string of the molecule is Cc1c(C(=O)O)sc2ncnc(Sc3nc(Br)cs3)c12. The van der Waals surface area contributed by atoms with Crippen LogP contribution < -0.4 is 0 Å². The molecule has 1 N–H and O–H groups in total. The minimum atomic E-state index is -0.932. The number of nitrogens with zero attached hydrogens (tertiary/aromatic N) is 3. The van der Waals surface area contributed by atoms with Gasteiger partial charge in [0, 0.05) is 10.8 Å². The van der Waals surface area contributed by atoms with Gasteiger partial charge in [-0.15, -0.1) is 22.7 Å². The Balaban J connectivity index is 2.13. The van der Waals surface area contributed by atoms with Crippen LogP contribution in [0.1, 0.15) is 15.2 Å². The van der Waals surface area contributed by atoms with Gasteiger partial charge < -0.3 is 5.11 Å². The summed E-state index contributed by atoms with van der Waals surface area (Å²) in [5.74, 6) is -0.932. The third-order valence-corrected chi connectivity index (χ3v) is 6.36. The number of aryl methyl sites for hydroxylation is 1. The molecule has 0 fully saturated rings. The molecule has 102 valence electrons. The summed E-state index contributed by atoms with van der Waals surface area (Å²) in [6, 6.07) is 0. The van der Waals surface area contributed by atoms with E-state index in [1.807, 2.05) is 5.38 Å². The third kappa shape index (κ3) is 2.46. The molecule has 3 heterocycles. The average molecular weight is 388 g/mol. The highest BCUT2D eigenvalue weighted by atomic mass is 79.9. The maximum absolute atomic E-state index is 11.2. The topological polar surface area (TPSA) is 76.0 Å². The second kappa shape index (κ2) is 5.40. The second-order valence-corrected chi connectivity index (χ2v) is 7.66. The van der Waals surface area contributed by atoms with Crippen molar-refractivity contribution < 1.29 is 9.90 Å². The Morgan fingerprint density at radius 2 is 2.25 bits per heavy atom. The molecular formula is C11H6BrN3O2S3. The lowest BCUT2D eigenvalue weighted by atomic mass is 10.2. The monoisotopic (exact) mass is 387 g/mol. The van der Waals surface area contributed by atoms with E-state index >= 15 is 0 Å². The highest BCUT2D eigenvalue weighted by Gasteiger charge is 2.19. The van der Waals surface area contributed by atoms with Crippen LogP contribution in [0.3, 0.4) is 0 Å². The van der Waals surface area contributed by atoms with E-state index in [9.17, 15) is 9.90 Å². The molecule has 0 aromatic carbocycles. The van der Waals surface area contributed by atoms with Crippen molar-refractivity contribution in [1.82, 2.24) is 15.0 Å². The van der Waals surface area contributed by atoms with E-state index in [0.717, 1.165) is 19.4 Å². The lowest BCUT2D eigenvalue weighted by Crippen LogP contribution is -1.94. The van der Waals surface area contributed by atoms with E-state index in [0.29, 0.717) is 15.3 Å². The molecule has 0 radical (unpaired) electrons. The zero-order chi connectivity index (χ0) is 14.3. The van der Waals surface area contributed by atoms with Gasteiger partial charge in [0.05, 0.1) is 0 Å². The van der Waals surface area contributed by atoms with Crippen LogP contribution >= 0.6 is 50.4 Å². The van der Waals surface area contributed by atoms with Crippen molar-refractivity contribution in [3.05, 3.63) is 26.8 Å². The van der Waals surface area contributed by atoms with Gasteiger partial charge in [-0.3, -0.25) is 0 Å². The number of thiazole rings is 1. The third-order valence-electron chi connectivity index (χ3n) is 2.53. The largest absolute Gasteiger partial charge is 0.477 e. The van der Waals surface area contributed by atoms with Gasteiger partial charge in [0.2, 0.25) is 0 Å². The highest BCUT2D eigenvalue weighted by molar-refractivity contribution is 9.10. The molecule has 5 nitrogen and oxygen atoms in total. The number of hydrogen-bond acceptors (Lipinski definition) is 7. The van der Waals surface area contributed by atoms with Crippen LogP contribution in [0.5, 0.6) is 0 Å². The average Bonchev–Trinajstić information content (AvgIpc) is 2.95. The summed E-state index contributed by atoms with van der Waals surface area (Å²) >= 11 is 7.40. The van der Waals surface area contributed by atoms with E-state index in [2.05, 4.69) is 30.9 Å². The summed E-state index contributed by atoms with van der Waals surface area (Å²) in [6.07, 6.45) is 1.45. The molecule has 3 aromatic rings. The first-order valence-electron chi connectivity index (χ1n) is 5.32. The van der Waals surface area contributed by atoms with E-state index < -0.39 is 5.97 Å². The van der Waals surface area contributed by atoms with Gasteiger partial charge in [-0.25, -0.2) is 19.7 Å². The van der Waals surface area contributed by atoms with Crippen LogP contribution in [-0.4, -0.2) is 26.0 Å². The number of carboxylic acid groups (broad SMARTS) is 1. The second-order valence-electron chi connectivity index (χ2n) is 3.76. The van der Waals surface area contributed by atoms with Crippen LogP contribution in [0.4, 0.5) is 0 Å². The van der Waals surface area contributed by atoms with Crippen molar-refractivity contribution in [3.63, 3.8) is 0 Å².